The van der Waals surface area contributed by atoms with Crippen LogP contribution in [0.15, 0.2) is 24.3 Å². The molecular formula is C13H16ClNO3. The number of hydrogen-bond acceptors (Lipinski definition) is 3. The average Bonchev–Trinajstić information content (AvgIpc) is 2.37. The van der Waals surface area contributed by atoms with Gasteiger partial charge in [-0.05, 0) is 30.7 Å². The lowest BCUT2D eigenvalue weighted by atomic mass is 10.2. The first-order valence-electron chi connectivity index (χ1n) is 5.83. The zero-order valence-electron chi connectivity index (χ0n) is 10.2. The molecule has 0 aromatic heterocycles. The molecule has 18 heavy (non-hydrogen) atoms. The fourth-order valence-electron chi connectivity index (χ4n) is 1.24. The van der Waals surface area contributed by atoms with E-state index in [2.05, 4.69) is 5.32 Å². The zero-order valence-corrected chi connectivity index (χ0v) is 11.0. The van der Waals surface area contributed by atoms with Crippen LogP contribution in [-0.2, 0) is 9.53 Å². The minimum absolute atomic E-state index is 0.120. The lowest BCUT2D eigenvalue weighted by Crippen LogP contribution is -2.30. The van der Waals surface area contributed by atoms with Crippen LogP contribution in [0.5, 0.6) is 0 Å². The maximum absolute atomic E-state index is 11.6. The van der Waals surface area contributed by atoms with Gasteiger partial charge in [-0.25, -0.2) is 0 Å². The molecule has 0 radical (unpaired) electrons. The molecule has 0 saturated carbocycles. The number of carbonyl (C=O) groups is 2. The number of benzene rings is 1. The average molecular weight is 270 g/mol. The lowest BCUT2D eigenvalue weighted by molar-refractivity contribution is -0.142. The van der Waals surface area contributed by atoms with E-state index in [9.17, 15) is 9.59 Å². The van der Waals surface area contributed by atoms with Crippen molar-refractivity contribution in [2.75, 3.05) is 13.2 Å². The molecule has 0 aliphatic carbocycles. The van der Waals surface area contributed by atoms with E-state index in [-0.39, 0.29) is 12.5 Å². The molecule has 5 heteroatoms. The van der Waals surface area contributed by atoms with E-state index >= 15 is 0 Å². The first-order chi connectivity index (χ1) is 8.63. The van der Waals surface area contributed by atoms with Crippen molar-refractivity contribution in [1.82, 2.24) is 5.32 Å². The van der Waals surface area contributed by atoms with E-state index in [1.807, 2.05) is 6.92 Å². The summed E-state index contributed by atoms with van der Waals surface area (Å²) < 4.78 is 4.91. The number of ether oxygens (including phenoxy) is 1. The fourth-order valence-corrected chi connectivity index (χ4v) is 1.36. The van der Waals surface area contributed by atoms with E-state index < -0.39 is 5.97 Å². The Bertz CT molecular complexity index is 403. The number of rotatable bonds is 6. The maximum Gasteiger partial charge on any atom is 0.325 e. The number of carbonyl (C=O) groups excluding carboxylic acids is 2. The quantitative estimate of drug-likeness (QED) is 0.637. The summed E-state index contributed by atoms with van der Waals surface area (Å²) in [6.45, 7) is 2.29. The van der Waals surface area contributed by atoms with Crippen LogP contribution >= 0.6 is 11.6 Å². The molecule has 0 aliphatic rings. The highest BCUT2D eigenvalue weighted by Crippen LogP contribution is 2.09. The Kier molecular flexibility index (Phi) is 6.22. The van der Waals surface area contributed by atoms with Gasteiger partial charge in [-0.15, -0.1) is 0 Å². The summed E-state index contributed by atoms with van der Waals surface area (Å²) in [6.07, 6.45) is 1.79. The van der Waals surface area contributed by atoms with Crippen LogP contribution in [0.1, 0.15) is 30.1 Å². The first kappa shape index (κ1) is 14.5. The molecule has 1 amide bonds. The monoisotopic (exact) mass is 269 g/mol. The van der Waals surface area contributed by atoms with Gasteiger partial charge in [0, 0.05) is 10.6 Å². The van der Waals surface area contributed by atoms with Gasteiger partial charge in [0.1, 0.15) is 6.54 Å². The number of hydrogen-bond donors (Lipinski definition) is 1. The molecule has 1 N–H and O–H groups in total. The highest BCUT2D eigenvalue weighted by atomic mass is 35.5. The van der Waals surface area contributed by atoms with Crippen LogP contribution in [0.25, 0.3) is 0 Å². The van der Waals surface area contributed by atoms with Gasteiger partial charge in [0.25, 0.3) is 5.91 Å². The molecule has 0 spiro atoms. The van der Waals surface area contributed by atoms with Crippen LogP contribution < -0.4 is 5.32 Å². The summed E-state index contributed by atoms with van der Waals surface area (Å²) in [7, 11) is 0. The minimum Gasteiger partial charge on any atom is -0.464 e. The molecule has 0 atom stereocenters. The van der Waals surface area contributed by atoms with Crippen molar-refractivity contribution >= 4 is 23.5 Å². The minimum atomic E-state index is -0.425. The first-order valence-corrected chi connectivity index (χ1v) is 6.20. The Morgan fingerprint density at radius 2 is 1.94 bits per heavy atom. The predicted molar refractivity (Wildman–Crippen MR) is 69.7 cm³/mol. The number of esters is 1. The van der Waals surface area contributed by atoms with Crippen molar-refractivity contribution in [3.8, 4) is 0 Å². The van der Waals surface area contributed by atoms with Gasteiger partial charge in [0.05, 0.1) is 6.61 Å². The Hall–Kier alpha value is -1.55. The molecule has 0 saturated heterocycles. The van der Waals surface area contributed by atoms with Gasteiger partial charge in [0.15, 0.2) is 0 Å². The highest BCUT2D eigenvalue weighted by Gasteiger charge is 2.08. The van der Waals surface area contributed by atoms with Crippen molar-refractivity contribution < 1.29 is 14.3 Å². The van der Waals surface area contributed by atoms with Crippen LogP contribution in [0.4, 0.5) is 0 Å². The Balaban J connectivity index is 2.32. The molecule has 0 bridgehead atoms. The summed E-state index contributed by atoms with van der Waals surface area (Å²) in [5.41, 5.74) is 0.459. The van der Waals surface area contributed by atoms with Crippen molar-refractivity contribution in [1.29, 1.82) is 0 Å². The highest BCUT2D eigenvalue weighted by molar-refractivity contribution is 6.30. The topological polar surface area (TPSA) is 55.4 Å². The SMILES string of the molecule is CCCCOC(=O)CNC(=O)c1ccc(Cl)cc1. The molecule has 98 valence electrons. The maximum atomic E-state index is 11.6. The van der Waals surface area contributed by atoms with Crippen molar-refractivity contribution in [2.45, 2.75) is 19.8 Å². The largest absolute Gasteiger partial charge is 0.464 e. The fraction of sp³-hybridized carbons (Fsp3) is 0.385. The summed E-state index contributed by atoms with van der Waals surface area (Å²) in [4.78, 5) is 22.9. The number of halogens is 1. The second-order valence-corrected chi connectivity index (χ2v) is 4.20. The number of nitrogens with one attached hydrogen (secondary N) is 1. The molecule has 0 unspecified atom stereocenters. The Morgan fingerprint density at radius 1 is 1.28 bits per heavy atom. The second kappa shape index (κ2) is 7.71. The number of unbranched alkanes of at least 4 members (excludes halogenated alkanes) is 1. The van der Waals surface area contributed by atoms with Crippen LogP contribution in [0.2, 0.25) is 5.02 Å². The van der Waals surface area contributed by atoms with Gasteiger partial charge in [-0.3, -0.25) is 9.59 Å². The Labute approximate surface area is 111 Å². The molecular weight excluding hydrogens is 254 g/mol. The van der Waals surface area contributed by atoms with Gasteiger partial charge in [-0.1, -0.05) is 24.9 Å². The molecule has 4 nitrogen and oxygen atoms in total. The number of amides is 1. The standard InChI is InChI=1S/C13H16ClNO3/c1-2-3-8-18-12(16)9-15-13(17)10-4-6-11(14)7-5-10/h4-7H,2-3,8-9H2,1H3,(H,15,17). The Morgan fingerprint density at radius 3 is 2.56 bits per heavy atom. The lowest BCUT2D eigenvalue weighted by Gasteiger charge is -2.06. The van der Waals surface area contributed by atoms with Crippen LogP contribution in [-0.4, -0.2) is 25.0 Å². The van der Waals surface area contributed by atoms with Crippen molar-refractivity contribution in [3.05, 3.63) is 34.9 Å². The van der Waals surface area contributed by atoms with Gasteiger partial charge in [-0.2, -0.15) is 0 Å². The third-order valence-electron chi connectivity index (χ3n) is 2.26. The second-order valence-electron chi connectivity index (χ2n) is 3.76. The third-order valence-corrected chi connectivity index (χ3v) is 2.51. The van der Waals surface area contributed by atoms with Gasteiger partial charge >= 0.3 is 5.97 Å². The van der Waals surface area contributed by atoms with E-state index in [0.717, 1.165) is 12.8 Å². The van der Waals surface area contributed by atoms with Gasteiger partial charge in [0.2, 0.25) is 0 Å². The van der Waals surface area contributed by atoms with Crippen molar-refractivity contribution in [3.63, 3.8) is 0 Å². The summed E-state index contributed by atoms with van der Waals surface area (Å²) in [6, 6.07) is 6.44. The summed E-state index contributed by atoms with van der Waals surface area (Å²) in [5.74, 6) is -0.745. The smallest absolute Gasteiger partial charge is 0.325 e. The molecule has 0 aliphatic heterocycles. The molecule has 1 rings (SSSR count). The van der Waals surface area contributed by atoms with Crippen LogP contribution in [0, 0.1) is 0 Å². The summed E-state index contributed by atoms with van der Waals surface area (Å²) >= 11 is 5.71. The van der Waals surface area contributed by atoms with E-state index in [4.69, 9.17) is 16.3 Å². The van der Waals surface area contributed by atoms with Gasteiger partial charge < -0.3 is 10.1 Å². The molecule has 0 heterocycles. The molecule has 0 fully saturated rings. The van der Waals surface area contributed by atoms with E-state index in [1.54, 1.807) is 24.3 Å². The summed E-state index contributed by atoms with van der Waals surface area (Å²) in [5, 5.41) is 3.05. The van der Waals surface area contributed by atoms with Crippen molar-refractivity contribution in [2.24, 2.45) is 0 Å². The van der Waals surface area contributed by atoms with E-state index in [0.29, 0.717) is 17.2 Å². The molecule has 1 aromatic rings. The third kappa shape index (κ3) is 5.19. The predicted octanol–water partition coefficient (Wildman–Crippen LogP) is 2.41. The zero-order chi connectivity index (χ0) is 13.4. The van der Waals surface area contributed by atoms with E-state index in [1.165, 1.54) is 0 Å². The normalized spacial score (nSPS) is 9.89. The molecule has 1 aromatic carbocycles. The van der Waals surface area contributed by atoms with Crippen LogP contribution in [0.3, 0.4) is 0 Å².